The number of carbonyl (C=O) groups is 1. The maximum absolute atomic E-state index is 12.0. The number of para-hydroxylation sites is 1. The number of amides is 1. The van der Waals surface area contributed by atoms with E-state index in [1.807, 2.05) is 46.6 Å². The number of nitrogens with zero attached hydrogens (tertiary/aromatic N) is 3. The lowest BCUT2D eigenvalue weighted by atomic mass is 10.2. The highest BCUT2D eigenvalue weighted by Gasteiger charge is 2.08. The molecule has 0 saturated heterocycles. The van der Waals surface area contributed by atoms with Gasteiger partial charge in [-0.2, -0.15) is 16.4 Å². The number of rotatable bonds is 7. The van der Waals surface area contributed by atoms with Crippen molar-refractivity contribution in [1.29, 1.82) is 0 Å². The number of benzene rings is 1. The number of fused-ring (bicyclic) bond motifs is 1. The summed E-state index contributed by atoms with van der Waals surface area (Å²) in [5.74, 6) is 0.387. The lowest BCUT2D eigenvalue weighted by molar-refractivity contribution is -0.118. The fraction of sp³-hybridized carbons (Fsp3) is 0.167. The molecule has 0 aliphatic heterocycles. The molecule has 0 fully saturated rings. The van der Waals surface area contributed by atoms with Gasteiger partial charge in [-0.05, 0) is 29.6 Å². The summed E-state index contributed by atoms with van der Waals surface area (Å²) in [7, 11) is 0. The highest BCUT2D eigenvalue weighted by Crippen LogP contribution is 2.29. The van der Waals surface area contributed by atoms with Crippen molar-refractivity contribution in [3.05, 3.63) is 53.4 Å². The van der Waals surface area contributed by atoms with Crippen molar-refractivity contribution in [2.45, 2.75) is 10.9 Å². The van der Waals surface area contributed by atoms with Gasteiger partial charge in [0.1, 0.15) is 0 Å². The Labute approximate surface area is 163 Å². The minimum Gasteiger partial charge on any atom is -0.354 e. The minimum atomic E-state index is 0.0134. The maximum Gasteiger partial charge on any atom is 0.230 e. The Morgan fingerprint density at radius 2 is 2.15 bits per heavy atom. The van der Waals surface area contributed by atoms with Crippen LogP contribution in [0.3, 0.4) is 0 Å². The minimum absolute atomic E-state index is 0.0134. The predicted octanol–water partition coefficient (Wildman–Crippen LogP) is 4.13. The fourth-order valence-electron chi connectivity index (χ4n) is 2.45. The lowest BCUT2D eigenvalue weighted by Gasteiger charge is -2.04. The first-order chi connectivity index (χ1) is 12.8. The SMILES string of the molecule is O=C(CSc1nc2ccccc2s1)NCCn1ccc(-c2ccsc2)n1. The second kappa shape index (κ2) is 8.03. The highest BCUT2D eigenvalue weighted by atomic mass is 32.2. The Bertz CT molecular complexity index is 973. The number of thioether (sulfide) groups is 1. The number of aromatic nitrogens is 3. The van der Waals surface area contributed by atoms with E-state index >= 15 is 0 Å². The summed E-state index contributed by atoms with van der Waals surface area (Å²) in [6, 6.07) is 12.1. The summed E-state index contributed by atoms with van der Waals surface area (Å²) in [5.41, 5.74) is 3.08. The van der Waals surface area contributed by atoms with Crippen molar-refractivity contribution in [2.24, 2.45) is 0 Å². The molecule has 8 heteroatoms. The number of nitrogens with one attached hydrogen (secondary N) is 1. The largest absolute Gasteiger partial charge is 0.354 e. The Hall–Kier alpha value is -2.16. The molecule has 5 nitrogen and oxygen atoms in total. The van der Waals surface area contributed by atoms with Gasteiger partial charge in [-0.15, -0.1) is 11.3 Å². The molecular weight excluding hydrogens is 384 g/mol. The lowest BCUT2D eigenvalue weighted by Crippen LogP contribution is -2.28. The summed E-state index contributed by atoms with van der Waals surface area (Å²) in [4.78, 5) is 16.6. The third kappa shape index (κ3) is 4.14. The van der Waals surface area contributed by atoms with Crippen LogP contribution >= 0.6 is 34.4 Å². The Balaban J connectivity index is 1.23. The van der Waals surface area contributed by atoms with E-state index in [0.29, 0.717) is 18.8 Å². The number of thiazole rings is 1. The zero-order valence-corrected chi connectivity index (χ0v) is 16.2. The highest BCUT2D eigenvalue weighted by molar-refractivity contribution is 8.01. The van der Waals surface area contributed by atoms with E-state index in [4.69, 9.17) is 0 Å². The van der Waals surface area contributed by atoms with Gasteiger partial charge < -0.3 is 5.32 Å². The molecular formula is C18H16N4OS3. The Kier molecular flexibility index (Phi) is 5.33. The van der Waals surface area contributed by atoms with Gasteiger partial charge in [-0.3, -0.25) is 9.48 Å². The van der Waals surface area contributed by atoms with Crippen LogP contribution < -0.4 is 5.32 Å². The average Bonchev–Trinajstić information content (AvgIpc) is 3.38. The van der Waals surface area contributed by atoms with Crippen LogP contribution in [-0.4, -0.2) is 33.0 Å². The summed E-state index contributed by atoms with van der Waals surface area (Å²) < 4.78 is 3.93. The van der Waals surface area contributed by atoms with Crippen LogP contribution in [0.15, 0.2) is 57.7 Å². The molecule has 0 atom stereocenters. The van der Waals surface area contributed by atoms with E-state index in [2.05, 4.69) is 26.8 Å². The smallest absolute Gasteiger partial charge is 0.230 e. The molecule has 0 saturated carbocycles. The third-order valence-corrected chi connectivity index (χ3v) is 6.58. The van der Waals surface area contributed by atoms with Gasteiger partial charge >= 0.3 is 0 Å². The van der Waals surface area contributed by atoms with Gasteiger partial charge in [-0.25, -0.2) is 4.98 Å². The zero-order valence-electron chi connectivity index (χ0n) is 13.8. The third-order valence-electron chi connectivity index (χ3n) is 3.72. The Morgan fingerprint density at radius 1 is 1.23 bits per heavy atom. The number of thiophene rings is 1. The van der Waals surface area contributed by atoms with Gasteiger partial charge in [0.05, 0.1) is 28.2 Å². The molecule has 26 heavy (non-hydrogen) atoms. The second-order valence-electron chi connectivity index (χ2n) is 5.56. The fourth-order valence-corrected chi connectivity index (χ4v) is 5.00. The van der Waals surface area contributed by atoms with Gasteiger partial charge in [0.25, 0.3) is 0 Å². The summed E-state index contributed by atoms with van der Waals surface area (Å²) in [6.07, 6.45) is 1.94. The van der Waals surface area contributed by atoms with Crippen LogP contribution in [0.1, 0.15) is 0 Å². The van der Waals surface area contributed by atoms with Crippen molar-refractivity contribution < 1.29 is 4.79 Å². The van der Waals surface area contributed by atoms with E-state index in [0.717, 1.165) is 25.8 Å². The van der Waals surface area contributed by atoms with Crippen LogP contribution in [0.4, 0.5) is 0 Å². The standard InChI is InChI=1S/C18H16N4OS3/c23-17(12-25-18-20-15-3-1-2-4-16(15)26-18)19-7-9-22-8-5-14(21-22)13-6-10-24-11-13/h1-6,8,10-11H,7,9,12H2,(H,19,23). The quantitative estimate of drug-likeness (QED) is 0.474. The topological polar surface area (TPSA) is 59.8 Å². The van der Waals surface area contributed by atoms with Crippen molar-refractivity contribution in [1.82, 2.24) is 20.1 Å². The normalized spacial score (nSPS) is 11.1. The van der Waals surface area contributed by atoms with Crippen LogP contribution in [-0.2, 0) is 11.3 Å². The van der Waals surface area contributed by atoms with Gasteiger partial charge in [-0.1, -0.05) is 23.9 Å². The molecule has 132 valence electrons. The first kappa shape index (κ1) is 17.3. The molecule has 0 aliphatic carbocycles. The average molecular weight is 401 g/mol. The Morgan fingerprint density at radius 3 is 3.00 bits per heavy atom. The summed E-state index contributed by atoms with van der Waals surface area (Å²) >= 11 is 4.75. The first-order valence-electron chi connectivity index (χ1n) is 8.09. The van der Waals surface area contributed by atoms with E-state index in [1.54, 1.807) is 22.7 Å². The van der Waals surface area contributed by atoms with E-state index in [9.17, 15) is 4.79 Å². The predicted molar refractivity (Wildman–Crippen MR) is 109 cm³/mol. The van der Waals surface area contributed by atoms with Gasteiger partial charge in [0.15, 0.2) is 4.34 Å². The van der Waals surface area contributed by atoms with Crippen LogP contribution in [0.5, 0.6) is 0 Å². The molecule has 1 aromatic carbocycles. The molecule has 3 aromatic heterocycles. The molecule has 0 spiro atoms. The molecule has 4 rings (SSSR count). The van der Waals surface area contributed by atoms with Crippen molar-refractivity contribution in [3.8, 4) is 11.3 Å². The molecule has 1 amide bonds. The number of hydrogen-bond acceptors (Lipinski definition) is 6. The molecule has 1 N–H and O–H groups in total. The molecule has 0 radical (unpaired) electrons. The summed E-state index contributed by atoms with van der Waals surface area (Å²) in [5, 5.41) is 11.6. The monoisotopic (exact) mass is 400 g/mol. The maximum atomic E-state index is 12.0. The molecule has 0 aliphatic rings. The molecule has 0 bridgehead atoms. The molecule has 0 unspecified atom stereocenters. The zero-order chi connectivity index (χ0) is 17.8. The van der Waals surface area contributed by atoms with Crippen LogP contribution in [0.25, 0.3) is 21.5 Å². The van der Waals surface area contributed by atoms with Crippen molar-refractivity contribution in [3.63, 3.8) is 0 Å². The van der Waals surface area contributed by atoms with Crippen molar-refractivity contribution in [2.75, 3.05) is 12.3 Å². The van der Waals surface area contributed by atoms with Crippen molar-refractivity contribution >= 4 is 50.6 Å². The van der Waals surface area contributed by atoms with Gasteiger partial charge in [0.2, 0.25) is 5.91 Å². The van der Waals surface area contributed by atoms with E-state index < -0.39 is 0 Å². The second-order valence-corrected chi connectivity index (χ2v) is 8.60. The molecule has 4 aromatic rings. The molecule has 3 heterocycles. The van der Waals surface area contributed by atoms with Crippen LogP contribution in [0.2, 0.25) is 0 Å². The first-order valence-corrected chi connectivity index (χ1v) is 10.8. The van der Waals surface area contributed by atoms with E-state index in [-0.39, 0.29) is 5.91 Å². The number of hydrogen-bond donors (Lipinski definition) is 1. The summed E-state index contributed by atoms with van der Waals surface area (Å²) in [6.45, 7) is 1.21. The number of carbonyl (C=O) groups excluding carboxylic acids is 1. The van der Waals surface area contributed by atoms with E-state index in [1.165, 1.54) is 11.8 Å². The van der Waals surface area contributed by atoms with Crippen LogP contribution in [0, 0.1) is 0 Å². The van der Waals surface area contributed by atoms with Gasteiger partial charge in [0, 0.05) is 23.7 Å².